The predicted molar refractivity (Wildman–Crippen MR) is 133 cm³/mol. The van der Waals surface area contributed by atoms with Crippen LogP contribution in [-0.4, -0.2) is 6.61 Å². The van der Waals surface area contributed by atoms with Gasteiger partial charge in [0.05, 0.1) is 6.61 Å². The predicted octanol–water partition coefficient (Wildman–Crippen LogP) is 8.51. The van der Waals surface area contributed by atoms with Gasteiger partial charge in [-0.1, -0.05) is 61.9 Å². The highest BCUT2D eigenvalue weighted by atomic mass is 19.2. The highest BCUT2D eigenvalue weighted by Gasteiger charge is 2.17. The second-order valence-electron chi connectivity index (χ2n) is 8.33. The molecule has 4 aromatic carbocycles. The quantitative estimate of drug-likeness (QED) is 0.217. The fourth-order valence-electron chi connectivity index (χ4n) is 3.98. The van der Waals surface area contributed by atoms with Gasteiger partial charge in [-0.15, -0.1) is 0 Å². The van der Waals surface area contributed by atoms with Gasteiger partial charge in [-0.05, 0) is 54.3 Å². The molecule has 0 aliphatic heterocycles. The smallest absolute Gasteiger partial charge is 0.201 e. The van der Waals surface area contributed by atoms with Crippen LogP contribution in [0.1, 0.15) is 31.4 Å². The largest absolute Gasteiger partial charge is 0.491 e. The molecule has 0 heterocycles. The van der Waals surface area contributed by atoms with E-state index in [2.05, 4.69) is 6.92 Å². The fraction of sp³-hybridized carbons (Fsp3) is 0.200. The summed E-state index contributed by atoms with van der Waals surface area (Å²) in [6, 6.07) is 19.6. The second-order valence-corrected chi connectivity index (χ2v) is 8.33. The summed E-state index contributed by atoms with van der Waals surface area (Å²) >= 11 is 0. The van der Waals surface area contributed by atoms with Crippen molar-refractivity contribution >= 4 is 0 Å². The molecule has 0 atom stereocenters. The highest BCUT2D eigenvalue weighted by Crippen LogP contribution is 2.33. The van der Waals surface area contributed by atoms with Gasteiger partial charge in [-0.2, -0.15) is 4.39 Å². The first-order valence-corrected chi connectivity index (χ1v) is 11.8. The second kappa shape index (κ2) is 11.3. The summed E-state index contributed by atoms with van der Waals surface area (Å²) in [7, 11) is 0. The third kappa shape index (κ3) is 5.38. The van der Waals surface area contributed by atoms with Crippen LogP contribution in [-0.2, 0) is 13.0 Å². The average Bonchev–Trinajstić information content (AvgIpc) is 2.89. The van der Waals surface area contributed by atoms with Gasteiger partial charge < -0.3 is 9.47 Å². The first-order valence-electron chi connectivity index (χ1n) is 11.8. The summed E-state index contributed by atoms with van der Waals surface area (Å²) in [5, 5.41) is 0. The molecule has 0 radical (unpaired) electrons. The van der Waals surface area contributed by atoms with Gasteiger partial charge in [0.1, 0.15) is 12.4 Å². The molecule has 0 aliphatic rings. The van der Waals surface area contributed by atoms with Gasteiger partial charge in [-0.3, -0.25) is 0 Å². The third-order valence-corrected chi connectivity index (χ3v) is 5.87. The number of rotatable bonds is 9. The maximum Gasteiger partial charge on any atom is 0.201 e. The molecule has 0 saturated carbocycles. The van der Waals surface area contributed by atoms with E-state index in [4.69, 9.17) is 9.47 Å². The number of hydrogen-bond donors (Lipinski definition) is 0. The van der Waals surface area contributed by atoms with Gasteiger partial charge in [-0.25, -0.2) is 13.2 Å². The van der Waals surface area contributed by atoms with Crippen LogP contribution in [0.3, 0.4) is 0 Å². The topological polar surface area (TPSA) is 18.5 Å². The molecular formula is C30H26F4O2. The highest BCUT2D eigenvalue weighted by molar-refractivity contribution is 5.72. The summed E-state index contributed by atoms with van der Waals surface area (Å²) in [6.07, 6.45) is 1.94. The Hall–Kier alpha value is -3.80. The van der Waals surface area contributed by atoms with Crippen molar-refractivity contribution in [3.05, 3.63) is 107 Å². The lowest BCUT2D eigenvalue weighted by molar-refractivity contribution is 0.289. The maximum absolute atomic E-state index is 15.0. The first kappa shape index (κ1) is 25.3. The minimum absolute atomic E-state index is 0.0338. The Morgan fingerprint density at radius 3 is 1.72 bits per heavy atom. The summed E-state index contributed by atoms with van der Waals surface area (Å²) < 4.78 is 68.8. The van der Waals surface area contributed by atoms with E-state index in [1.165, 1.54) is 12.1 Å². The molecule has 0 spiro atoms. The van der Waals surface area contributed by atoms with Crippen molar-refractivity contribution in [2.45, 2.75) is 33.3 Å². The molecule has 0 aliphatic carbocycles. The SMILES string of the molecule is CCCc1ccc(-c2ccc(-c3ccc(OCc4ccc(OCC)c(F)c4F)cc3)c(F)c2F)cc1. The molecule has 6 heteroatoms. The summed E-state index contributed by atoms with van der Waals surface area (Å²) in [4.78, 5) is 0. The van der Waals surface area contributed by atoms with Crippen LogP contribution in [0.25, 0.3) is 22.3 Å². The molecule has 0 saturated heterocycles. The Bertz CT molecular complexity index is 1330. The van der Waals surface area contributed by atoms with Crippen molar-refractivity contribution in [1.29, 1.82) is 0 Å². The monoisotopic (exact) mass is 494 g/mol. The van der Waals surface area contributed by atoms with E-state index in [9.17, 15) is 17.6 Å². The van der Waals surface area contributed by atoms with Gasteiger partial charge in [0.2, 0.25) is 5.82 Å². The molecule has 0 aromatic heterocycles. The van der Waals surface area contributed by atoms with Crippen LogP contribution in [0, 0.1) is 23.3 Å². The van der Waals surface area contributed by atoms with E-state index in [-0.39, 0.29) is 35.7 Å². The Morgan fingerprint density at radius 1 is 0.583 bits per heavy atom. The normalized spacial score (nSPS) is 10.9. The molecule has 0 N–H and O–H groups in total. The maximum atomic E-state index is 15.0. The van der Waals surface area contributed by atoms with E-state index in [0.717, 1.165) is 18.4 Å². The standard InChI is InChI=1S/C30H26F4O2/c1-3-5-19-6-8-20(9-7-19)24-15-16-25(29(33)28(24)32)21-10-13-23(14-11-21)36-18-22-12-17-26(35-4-2)30(34)27(22)31/h6-17H,3-5,18H2,1-2H3. The molecular weight excluding hydrogens is 468 g/mol. The average molecular weight is 495 g/mol. The van der Waals surface area contributed by atoms with Crippen molar-refractivity contribution in [3.63, 3.8) is 0 Å². The minimum Gasteiger partial charge on any atom is -0.491 e. The van der Waals surface area contributed by atoms with Crippen molar-refractivity contribution in [2.24, 2.45) is 0 Å². The van der Waals surface area contributed by atoms with Crippen LogP contribution in [0.15, 0.2) is 72.8 Å². The van der Waals surface area contributed by atoms with Crippen LogP contribution >= 0.6 is 0 Å². The zero-order valence-corrected chi connectivity index (χ0v) is 20.1. The Kier molecular flexibility index (Phi) is 7.93. The molecule has 0 amide bonds. The van der Waals surface area contributed by atoms with Crippen molar-refractivity contribution in [3.8, 4) is 33.8 Å². The first-order chi connectivity index (χ1) is 17.4. The molecule has 186 valence electrons. The lowest BCUT2D eigenvalue weighted by Gasteiger charge is -2.12. The third-order valence-electron chi connectivity index (χ3n) is 5.87. The molecule has 2 nitrogen and oxygen atoms in total. The van der Waals surface area contributed by atoms with Gasteiger partial charge >= 0.3 is 0 Å². The van der Waals surface area contributed by atoms with E-state index in [1.807, 2.05) is 12.1 Å². The summed E-state index contributed by atoms with van der Waals surface area (Å²) in [5.74, 6) is -3.73. The number of benzene rings is 4. The Labute approximate surface area is 208 Å². The van der Waals surface area contributed by atoms with Crippen molar-refractivity contribution in [2.75, 3.05) is 6.61 Å². The van der Waals surface area contributed by atoms with Gasteiger partial charge in [0.15, 0.2) is 23.2 Å². The van der Waals surface area contributed by atoms with Crippen LogP contribution in [0.4, 0.5) is 17.6 Å². The van der Waals surface area contributed by atoms with Gasteiger partial charge in [0.25, 0.3) is 0 Å². The summed E-state index contributed by atoms with van der Waals surface area (Å²) in [5.41, 5.74) is 2.57. The molecule has 4 aromatic rings. The molecule has 4 rings (SSSR count). The lowest BCUT2D eigenvalue weighted by atomic mass is 9.97. The molecule has 0 fully saturated rings. The number of hydrogen-bond acceptors (Lipinski definition) is 2. The van der Waals surface area contributed by atoms with Crippen molar-refractivity contribution in [1.82, 2.24) is 0 Å². The summed E-state index contributed by atoms with van der Waals surface area (Å²) in [6.45, 7) is 3.78. The van der Waals surface area contributed by atoms with E-state index in [0.29, 0.717) is 16.9 Å². The van der Waals surface area contributed by atoms with Crippen molar-refractivity contribution < 1.29 is 27.0 Å². The zero-order valence-electron chi connectivity index (χ0n) is 20.1. The van der Waals surface area contributed by atoms with E-state index in [1.54, 1.807) is 55.5 Å². The fourth-order valence-corrected chi connectivity index (χ4v) is 3.98. The minimum atomic E-state index is -1.06. The number of aryl methyl sites for hydroxylation is 1. The Morgan fingerprint density at radius 2 is 1.17 bits per heavy atom. The van der Waals surface area contributed by atoms with Crippen LogP contribution in [0.2, 0.25) is 0 Å². The van der Waals surface area contributed by atoms with E-state index >= 15 is 0 Å². The molecule has 36 heavy (non-hydrogen) atoms. The zero-order chi connectivity index (χ0) is 25.7. The number of halogens is 4. The Balaban J connectivity index is 1.49. The van der Waals surface area contributed by atoms with Crippen LogP contribution in [0.5, 0.6) is 11.5 Å². The van der Waals surface area contributed by atoms with E-state index < -0.39 is 23.3 Å². The van der Waals surface area contributed by atoms with Crippen LogP contribution < -0.4 is 9.47 Å². The lowest BCUT2D eigenvalue weighted by Crippen LogP contribution is -2.03. The van der Waals surface area contributed by atoms with Gasteiger partial charge in [0, 0.05) is 16.7 Å². The molecule has 0 bridgehead atoms. The number of ether oxygens (including phenoxy) is 2. The molecule has 0 unspecified atom stereocenters.